The van der Waals surface area contributed by atoms with Gasteiger partial charge in [0.15, 0.2) is 0 Å². The second-order valence-electron chi connectivity index (χ2n) is 5.86. The molecule has 0 saturated heterocycles. The van der Waals surface area contributed by atoms with E-state index >= 15 is 0 Å². The first-order valence-corrected chi connectivity index (χ1v) is 7.05. The maximum Gasteiger partial charge on any atom is 0.0640 e. The molecule has 0 aliphatic rings. The number of benzene rings is 1. The molecule has 1 nitrogen and oxygen atoms in total. The van der Waals surface area contributed by atoms with E-state index in [2.05, 4.69) is 50.0 Å². The molecule has 2 rings (SSSR count). The molecular formula is C17H20ClN. The van der Waals surface area contributed by atoms with Crippen LogP contribution in [0.15, 0.2) is 48.7 Å². The average Bonchev–Trinajstić information content (AvgIpc) is 2.39. The fourth-order valence-corrected chi connectivity index (χ4v) is 2.32. The van der Waals surface area contributed by atoms with Gasteiger partial charge in [0.05, 0.1) is 5.38 Å². The van der Waals surface area contributed by atoms with Gasteiger partial charge < -0.3 is 0 Å². The van der Waals surface area contributed by atoms with Crippen molar-refractivity contribution in [1.82, 2.24) is 4.98 Å². The van der Waals surface area contributed by atoms with E-state index in [4.69, 9.17) is 11.6 Å². The first kappa shape index (κ1) is 14.1. The van der Waals surface area contributed by atoms with Crippen LogP contribution >= 0.6 is 11.6 Å². The highest BCUT2D eigenvalue weighted by molar-refractivity contribution is 6.20. The molecule has 1 atom stereocenters. The van der Waals surface area contributed by atoms with Crippen LogP contribution in [0.4, 0.5) is 0 Å². The average molecular weight is 274 g/mol. The molecule has 0 N–H and O–H groups in total. The zero-order valence-electron chi connectivity index (χ0n) is 11.7. The SMILES string of the molecule is CC(C)(C)c1ccc(C(Cl)Cc2ccccn2)cc1. The fraction of sp³-hybridized carbons (Fsp3) is 0.353. The Morgan fingerprint density at radius 3 is 2.26 bits per heavy atom. The van der Waals surface area contributed by atoms with E-state index < -0.39 is 0 Å². The van der Waals surface area contributed by atoms with Gasteiger partial charge in [-0.3, -0.25) is 4.98 Å². The summed E-state index contributed by atoms with van der Waals surface area (Å²) in [7, 11) is 0. The van der Waals surface area contributed by atoms with Gasteiger partial charge in [-0.15, -0.1) is 11.6 Å². The van der Waals surface area contributed by atoms with Crippen LogP contribution in [0.2, 0.25) is 0 Å². The normalized spacial score (nSPS) is 13.3. The molecule has 1 aromatic heterocycles. The number of nitrogens with zero attached hydrogens (tertiary/aromatic N) is 1. The third kappa shape index (κ3) is 3.81. The van der Waals surface area contributed by atoms with Crippen LogP contribution in [0, 0.1) is 0 Å². The van der Waals surface area contributed by atoms with Crippen molar-refractivity contribution in [3.63, 3.8) is 0 Å². The molecule has 0 bridgehead atoms. The Morgan fingerprint density at radius 1 is 1.05 bits per heavy atom. The lowest BCUT2D eigenvalue weighted by Gasteiger charge is -2.20. The Balaban J connectivity index is 2.10. The molecule has 0 fully saturated rings. The van der Waals surface area contributed by atoms with Crippen molar-refractivity contribution < 1.29 is 0 Å². The Bertz CT molecular complexity index is 511. The number of pyridine rings is 1. The van der Waals surface area contributed by atoms with Gasteiger partial charge in [0.25, 0.3) is 0 Å². The summed E-state index contributed by atoms with van der Waals surface area (Å²) < 4.78 is 0. The van der Waals surface area contributed by atoms with Crippen molar-refractivity contribution in [2.24, 2.45) is 0 Å². The Labute approximate surface area is 120 Å². The van der Waals surface area contributed by atoms with Crippen molar-refractivity contribution in [3.05, 3.63) is 65.5 Å². The van der Waals surface area contributed by atoms with E-state index in [9.17, 15) is 0 Å². The summed E-state index contributed by atoms with van der Waals surface area (Å²) in [5.41, 5.74) is 3.70. The molecule has 2 aromatic rings. The highest BCUT2D eigenvalue weighted by Gasteiger charge is 2.15. The number of halogens is 1. The molecule has 0 radical (unpaired) electrons. The third-order valence-corrected chi connectivity index (χ3v) is 3.66. The quantitative estimate of drug-likeness (QED) is 0.725. The number of alkyl halides is 1. The smallest absolute Gasteiger partial charge is 0.0640 e. The summed E-state index contributed by atoms with van der Waals surface area (Å²) in [4.78, 5) is 4.32. The predicted molar refractivity (Wildman–Crippen MR) is 81.7 cm³/mol. The summed E-state index contributed by atoms with van der Waals surface area (Å²) in [6.45, 7) is 6.65. The minimum Gasteiger partial charge on any atom is -0.261 e. The maximum atomic E-state index is 6.47. The van der Waals surface area contributed by atoms with E-state index in [1.807, 2.05) is 24.4 Å². The standard InChI is InChI=1S/C17H20ClN/c1-17(2,3)14-9-7-13(8-10-14)16(18)12-15-6-4-5-11-19-15/h4-11,16H,12H2,1-3H3. The van der Waals surface area contributed by atoms with Crippen LogP contribution in [-0.2, 0) is 11.8 Å². The zero-order valence-corrected chi connectivity index (χ0v) is 12.5. The van der Waals surface area contributed by atoms with Crippen molar-refractivity contribution in [1.29, 1.82) is 0 Å². The second kappa shape index (κ2) is 5.75. The van der Waals surface area contributed by atoms with Crippen molar-refractivity contribution in [3.8, 4) is 0 Å². The Morgan fingerprint density at radius 2 is 1.74 bits per heavy atom. The predicted octanol–water partition coefficient (Wildman–Crippen LogP) is 4.90. The lowest BCUT2D eigenvalue weighted by molar-refractivity contribution is 0.590. The lowest BCUT2D eigenvalue weighted by Crippen LogP contribution is -2.11. The summed E-state index contributed by atoms with van der Waals surface area (Å²) in [6.07, 6.45) is 2.57. The molecule has 0 saturated carbocycles. The Hall–Kier alpha value is -1.34. The number of hydrogen-bond donors (Lipinski definition) is 0. The summed E-state index contributed by atoms with van der Waals surface area (Å²) in [5, 5.41) is -0.0241. The topological polar surface area (TPSA) is 12.9 Å². The van der Waals surface area contributed by atoms with Gasteiger partial charge in [0.1, 0.15) is 0 Å². The van der Waals surface area contributed by atoms with Crippen LogP contribution in [0.3, 0.4) is 0 Å². The lowest BCUT2D eigenvalue weighted by atomic mass is 9.86. The number of aromatic nitrogens is 1. The third-order valence-electron chi connectivity index (χ3n) is 3.25. The van der Waals surface area contributed by atoms with Crippen LogP contribution in [0.1, 0.15) is 43.0 Å². The van der Waals surface area contributed by atoms with Crippen LogP contribution < -0.4 is 0 Å². The Kier molecular flexibility index (Phi) is 4.26. The molecule has 100 valence electrons. The summed E-state index contributed by atoms with van der Waals surface area (Å²) >= 11 is 6.47. The first-order chi connectivity index (χ1) is 8.97. The van der Waals surface area contributed by atoms with Crippen LogP contribution in [-0.4, -0.2) is 4.98 Å². The van der Waals surface area contributed by atoms with Gasteiger partial charge in [-0.05, 0) is 28.7 Å². The van der Waals surface area contributed by atoms with E-state index in [1.165, 1.54) is 5.56 Å². The van der Waals surface area contributed by atoms with Gasteiger partial charge >= 0.3 is 0 Å². The van der Waals surface area contributed by atoms with E-state index in [0.29, 0.717) is 0 Å². The van der Waals surface area contributed by atoms with E-state index in [1.54, 1.807) is 0 Å². The molecule has 1 aromatic carbocycles. The molecule has 1 unspecified atom stereocenters. The minimum atomic E-state index is -0.0241. The maximum absolute atomic E-state index is 6.47. The van der Waals surface area contributed by atoms with E-state index in [0.717, 1.165) is 17.7 Å². The van der Waals surface area contributed by atoms with Gasteiger partial charge in [-0.2, -0.15) is 0 Å². The molecule has 0 amide bonds. The minimum absolute atomic E-state index is 0.0241. The highest BCUT2D eigenvalue weighted by Crippen LogP contribution is 2.28. The summed E-state index contributed by atoms with van der Waals surface area (Å²) in [6, 6.07) is 14.5. The van der Waals surface area contributed by atoms with E-state index in [-0.39, 0.29) is 10.8 Å². The number of rotatable bonds is 3. The first-order valence-electron chi connectivity index (χ1n) is 6.61. The highest BCUT2D eigenvalue weighted by atomic mass is 35.5. The van der Waals surface area contributed by atoms with Crippen molar-refractivity contribution in [2.75, 3.05) is 0 Å². The van der Waals surface area contributed by atoms with Gasteiger partial charge in [-0.25, -0.2) is 0 Å². The van der Waals surface area contributed by atoms with Crippen LogP contribution in [0.5, 0.6) is 0 Å². The van der Waals surface area contributed by atoms with Crippen molar-refractivity contribution >= 4 is 11.6 Å². The molecule has 0 spiro atoms. The zero-order chi connectivity index (χ0) is 13.9. The number of hydrogen-bond acceptors (Lipinski definition) is 1. The molecule has 19 heavy (non-hydrogen) atoms. The second-order valence-corrected chi connectivity index (χ2v) is 6.39. The largest absolute Gasteiger partial charge is 0.261 e. The fourth-order valence-electron chi connectivity index (χ4n) is 2.01. The van der Waals surface area contributed by atoms with Crippen molar-refractivity contribution in [2.45, 2.75) is 38.0 Å². The molecule has 1 heterocycles. The monoisotopic (exact) mass is 273 g/mol. The van der Waals surface area contributed by atoms with Gasteiger partial charge in [0.2, 0.25) is 0 Å². The molecule has 2 heteroatoms. The molecule has 0 aliphatic heterocycles. The molecule has 0 aliphatic carbocycles. The molecular weight excluding hydrogens is 254 g/mol. The van der Waals surface area contributed by atoms with Gasteiger partial charge in [-0.1, -0.05) is 51.1 Å². The van der Waals surface area contributed by atoms with Crippen LogP contribution in [0.25, 0.3) is 0 Å². The summed E-state index contributed by atoms with van der Waals surface area (Å²) in [5.74, 6) is 0. The van der Waals surface area contributed by atoms with Gasteiger partial charge in [0, 0.05) is 18.3 Å².